The number of carboxylic acids is 1. The first-order valence-corrected chi connectivity index (χ1v) is 22.9. The number of carbonyl (C=O) groups is 8. The monoisotopic (exact) mass is 1030 g/mol. The Kier molecular flexibility index (Phi) is 50.8. The number of alkyl halides is 3. The van der Waals surface area contributed by atoms with Crippen molar-refractivity contribution < 1.29 is 90.5 Å². The van der Waals surface area contributed by atoms with E-state index in [1.54, 1.807) is 13.8 Å². The zero-order chi connectivity index (χ0) is 55.3. The fourth-order valence-corrected chi connectivity index (χ4v) is 3.90. The Morgan fingerprint density at radius 1 is 0.586 bits per heavy atom. The number of rotatable bonds is 30. The average Bonchev–Trinajstić information content (AvgIpc) is 3.24. The zero-order valence-corrected chi connectivity index (χ0v) is 43.2. The molecule has 0 aliphatic carbocycles. The maximum Gasteiger partial charge on any atom is 0.490 e. The van der Waals surface area contributed by atoms with Crippen molar-refractivity contribution in [3.8, 4) is 0 Å². The summed E-state index contributed by atoms with van der Waals surface area (Å²) in [5.74, 6) is -5.70. The Bertz CT molecular complexity index is 1400. The molecule has 70 heavy (non-hydrogen) atoms. The molecular formula is C44H86F3N7O16. The minimum absolute atomic E-state index is 0.0815. The second-order valence-electron chi connectivity index (χ2n) is 16.6. The van der Waals surface area contributed by atoms with Crippen molar-refractivity contribution in [1.29, 1.82) is 0 Å². The first kappa shape index (κ1) is 74.2. The maximum atomic E-state index is 12.7. The quantitative estimate of drug-likeness (QED) is 0.0339. The largest absolute Gasteiger partial charge is 0.490 e. The van der Waals surface area contributed by atoms with Gasteiger partial charge in [0.25, 0.3) is 0 Å². The van der Waals surface area contributed by atoms with Crippen LogP contribution in [-0.4, -0.2) is 186 Å². The SMILES string of the molecule is CC(C)C.CC(C)C.CC(NC(=O)CC(O)CNC(=O)C(NC(=O)CNC(=O)COCCOCCNC(=O)COCCOCCN)C(C)C)C(=O)NCC(O)CC(=O)O.CCC.COC(=O)C(F)(F)F. The van der Waals surface area contributed by atoms with Crippen molar-refractivity contribution in [2.45, 2.75) is 126 Å². The van der Waals surface area contributed by atoms with Crippen molar-refractivity contribution in [1.82, 2.24) is 31.9 Å². The normalized spacial score (nSPS) is 12.2. The van der Waals surface area contributed by atoms with E-state index in [2.05, 4.69) is 92.0 Å². The highest BCUT2D eigenvalue weighted by molar-refractivity contribution is 5.90. The minimum Gasteiger partial charge on any atom is -0.481 e. The van der Waals surface area contributed by atoms with Crippen LogP contribution in [-0.2, 0) is 62.0 Å². The molecule has 6 amide bonds. The lowest BCUT2D eigenvalue weighted by Gasteiger charge is -2.23. The Morgan fingerprint density at radius 3 is 1.43 bits per heavy atom. The molecule has 0 bridgehead atoms. The summed E-state index contributed by atoms with van der Waals surface area (Å²) in [4.78, 5) is 93.0. The number of nitrogens with two attached hydrogens (primary N) is 1. The van der Waals surface area contributed by atoms with Gasteiger partial charge in [-0.15, -0.1) is 0 Å². The molecule has 0 radical (unpaired) electrons. The molecule has 0 aromatic rings. The topological polar surface area (TPSA) is 342 Å². The summed E-state index contributed by atoms with van der Waals surface area (Å²) < 4.78 is 57.0. The molecule has 0 aliphatic rings. The second-order valence-corrected chi connectivity index (χ2v) is 16.6. The molecule has 0 rings (SSSR count). The van der Waals surface area contributed by atoms with Crippen molar-refractivity contribution in [2.24, 2.45) is 23.5 Å². The lowest BCUT2D eigenvalue weighted by Crippen LogP contribution is -2.53. The van der Waals surface area contributed by atoms with E-state index in [9.17, 15) is 61.7 Å². The number of aliphatic carboxylic acids is 1. The van der Waals surface area contributed by atoms with E-state index in [0.717, 1.165) is 11.8 Å². The molecule has 0 spiro atoms. The van der Waals surface area contributed by atoms with Crippen LogP contribution < -0.4 is 37.6 Å². The summed E-state index contributed by atoms with van der Waals surface area (Å²) in [6.45, 7) is 22.5. The molecule has 0 saturated heterocycles. The number of hydrogen-bond donors (Lipinski definition) is 10. The van der Waals surface area contributed by atoms with E-state index in [0.29, 0.717) is 26.9 Å². The van der Waals surface area contributed by atoms with Gasteiger partial charge in [0, 0.05) is 26.2 Å². The van der Waals surface area contributed by atoms with Gasteiger partial charge in [-0.25, -0.2) is 4.79 Å². The molecule has 4 unspecified atom stereocenters. The average molecular weight is 1030 g/mol. The number of carbonyl (C=O) groups excluding carboxylic acids is 7. The summed E-state index contributed by atoms with van der Waals surface area (Å²) in [6, 6.07) is -2.08. The van der Waals surface area contributed by atoms with E-state index >= 15 is 0 Å². The second kappa shape index (κ2) is 47.9. The van der Waals surface area contributed by atoms with Gasteiger partial charge < -0.3 is 76.6 Å². The Balaban J connectivity index is -0.000000621. The Labute approximate surface area is 411 Å². The van der Waals surface area contributed by atoms with Crippen LogP contribution >= 0.6 is 0 Å². The summed E-state index contributed by atoms with van der Waals surface area (Å²) in [7, 11) is 0.676. The number of ether oxygens (including phenoxy) is 5. The van der Waals surface area contributed by atoms with E-state index in [1.807, 2.05) is 0 Å². The predicted octanol–water partition coefficient (Wildman–Crippen LogP) is 0.171. The van der Waals surface area contributed by atoms with Crippen LogP contribution in [0, 0.1) is 17.8 Å². The third-order valence-electron chi connectivity index (χ3n) is 6.80. The third kappa shape index (κ3) is 57.6. The number of amides is 6. The van der Waals surface area contributed by atoms with E-state index < -0.39 is 91.3 Å². The highest BCUT2D eigenvalue weighted by Gasteiger charge is 2.40. The number of aliphatic hydroxyl groups is 2. The molecule has 0 heterocycles. The van der Waals surface area contributed by atoms with Crippen molar-refractivity contribution in [3.05, 3.63) is 0 Å². The first-order valence-electron chi connectivity index (χ1n) is 22.9. The van der Waals surface area contributed by atoms with Crippen molar-refractivity contribution in [3.63, 3.8) is 0 Å². The predicted molar refractivity (Wildman–Crippen MR) is 253 cm³/mol. The van der Waals surface area contributed by atoms with Gasteiger partial charge in [0.05, 0.1) is 78.3 Å². The van der Waals surface area contributed by atoms with Crippen LogP contribution in [0.4, 0.5) is 13.2 Å². The van der Waals surface area contributed by atoms with Gasteiger partial charge in [0.2, 0.25) is 35.4 Å². The molecule has 0 fully saturated rings. The third-order valence-corrected chi connectivity index (χ3v) is 6.80. The van der Waals surface area contributed by atoms with Crippen LogP contribution in [0.1, 0.15) is 95.4 Å². The summed E-state index contributed by atoms with van der Waals surface area (Å²) in [5.41, 5.74) is 5.29. The number of halogens is 3. The van der Waals surface area contributed by atoms with Crippen molar-refractivity contribution in [2.75, 3.05) is 92.7 Å². The number of nitrogens with one attached hydrogen (secondary N) is 6. The number of aliphatic hydroxyl groups excluding tert-OH is 2. The van der Waals surface area contributed by atoms with Gasteiger partial charge in [0.15, 0.2) is 0 Å². The first-order chi connectivity index (χ1) is 32.5. The molecule has 414 valence electrons. The smallest absolute Gasteiger partial charge is 0.481 e. The number of hydrogen-bond acceptors (Lipinski definition) is 16. The van der Waals surface area contributed by atoms with Gasteiger partial charge in [-0.05, 0) is 24.7 Å². The molecule has 0 aliphatic heterocycles. The van der Waals surface area contributed by atoms with E-state index in [1.165, 1.54) is 13.3 Å². The highest BCUT2D eigenvalue weighted by Crippen LogP contribution is 2.15. The lowest BCUT2D eigenvalue weighted by molar-refractivity contribution is -0.196. The van der Waals surface area contributed by atoms with Crippen LogP contribution in [0.15, 0.2) is 0 Å². The summed E-state index contributed by atoms with van der Waals surface area (Å²) in [6.07, 6.45) is -7.28. The molecule has 23 nitrogen and oxygen atoms in total. The highest BCUT2D eigenvalue weighted by atomic mass is 19.4. The van der Waals surface area contributed by atoms with Crippen LogP contribution in [0.2, 0.25) is 0 Å². The molecular weight excluding hydrogens is 940 g/mol. The van der Waals surface area contributed by atoms with Gasteiger partial charge >= 0.3 is 18.1 Å². The fourth-order valence-electron chi connectivity index (χ4n) is 3.90. The van der Waals surface area contributed by atoms with E-state index in [-0.39, 0.29) is 71.1 Å². The van der Waals surface area contributed by atoms with Crippen molar-refractivity contribution >= 4 is 47.4 Å². The molecule has 0 aromatic heterocycles. The Morgan fingerprint density at radius 2 is 1.01 bits per heavy atom. The Hall–Kier alpha value is -4.73. The standard InChI is InChI=1S/C30H55N7O14.2C4H10.C3H3F3O2.C3H8/c1-19(2)28(30(47)35-14-21(38)12-23(40)36-20(3)29(46)34-15-22(39)13-27(44)45)37-24(41)16-33-26(43)18-51-11-9-49-7-5-32-25(42)17-50-10-8-48-6-4-31;2*1-4(2)3;1-8-2(7)3(4,5)6;1-3-2/h19-22,28,38-39H,4-18,31H2,1-3H3,(H,32,42)(H,33,43)(H,34,46)(H,35,47)(H,36,40)(H,37,41)(H,44,45);2*4H,1-3H3;1H3;3H2,1-2H3. The lowest BCUT2D eigenvalue weighted by atomic mass is 10.0. The molecule has 0 aromatic carbocycles. The van der Waals surface area contributed by atoms with Gasteiger partial charge in [-0.1, -0.05) is 75.7 Å². The molecule has 4 atom stereocenters. The van der Waals surface area contributed by atoms with Crippen LogP contribution in [0.3, 0.4) is 0 Å². The summed E-state index contributed by atoms with van der Waals surface area (Å²) >= 11 is 0. The molecule has 11 N–H and O–H groups in total. The van der Waals surface area contributed by atoms with Gasteiger partial charge in [-0.3, -0.25) is 33.6 Å². The number of carboxylic acid groups (broad SMARTS) is 1. The fraction of sp³-hybridized carbons (Fsp3) is 0.818. The van der Waals surface area contributed by atoms with E-state index in [4.69, 9.17) is 29.8 Å². The van der Waals surface area contributed by atoms with Gasteiger partial charge in [-0.2, -0.15) is 13.2 Å². The zero-order valence-electron chi connectivity index (χ0n) is 43.2. The maximum absolute atomic E-state index is 12.7. The minimum atomic E-state index is -4.85. The summed E-state index contributed by atoms with van der Waals surface area (Å²) in [5, 5.41) is 42.9. The molecule has 0 saturated carbocycles. The van der Waals surface area contributed by atoms with Gasteiger partial charge in [0.1, 0.15) is 25.3 Å². The molecule has 26 heteroatoms. The van der Waals surface area contributed by atoms with Crippen LogP contribution in [0.5, 0.6) is 0 Å². The van der Waals surface area contributed by atoms with Crippen LogP contribution in [0.25, 0.3) is 0 Å². The number of esters is 1. The number of methoxy groups -OCH3 is 1.